The number of likely N-dealkylation sites (tertiary alicyclic amines) is 1. The summed E-state index contributed by atoms with van der Waals surface area (Å²) in [5, 5.41) is 3.59. The Labute approximate surface area is 132 Å². The van der Waals surface area contributed by atoms with Crippen LogP contribution in [-0.2, 0) is 0 Å². The van der Waals surface area contributed by atoms with E-state index in [2.05, 4.69) is 71.2 Å². The van der Waals surface area contributed by atoms with Gasteiger partial charge in [-0.2, -0.15) is 0 Å². The maximum absolute atomic E-state index is 3.59. The van der Waals surface area contributed by atoms with Gasteiger partial charge in [-0.15, -0.1) is 0 Å². The first-order chi connectivity index (χ1) is 9.56. The van der Waals surface area contributed by atoms with Crippen molar-refractivity contribution in [3.8, 4) is 0 Å². The first kappa shape index (κ1) is 16.0. The minimum atomic E-state index is 0.509. The van der Waals surface area contributed by atoms with Gasteiger partial charge in [-0.25, -0.2) is 0 Å². The second-order valence-electron chi connectivity index (χ2n) is 6.30. The Bertz CT molecular complexity index is 419. The maximum atomic E-state index is 3.59. The van der Waals surface area contributed by atoms with Crippen molar-refractivity contribution in [1.29, 1.82) is 0 Å². The molecule has 1 aromatic rings. The van der Waals surface area contributed by atoms with E-state index in [-0.39, 0.29) is 0 Å². The van der Waals surface area contributed by atoms with E-state index in [0.29, 0.717) is 12.1 Å². The van der Waals surface area contributed by atoms with E-state index in [9.17, 15) is 0 Å². The highest BCUT2D eigenvalue weighted by Gasteiger charge is 2.24. The number of hydrogen-bond acceptors (Lipinski definition) is 2. The lowest BCUT2D eigenvalue weighted by molar-refractivity contribution is 0.129. The van der Waals surface area contributed by atoms with Crippen LogP contribution in [0.5, 0.6) is 0 Å². The summed E-state index contributed by atoms with van der Waals surface area (Å²) in [7, 11) is 0. The Morgan fingerprint density at radius 2 is 2.15 bits per heavy atom. The molecular formula is C17H27BrN2. The normalized spacial score (nSPS) is 22.1. The van der Waals surface area contributed by atoms with E-state index in [1.165, 1.54) is 36.0 Å². The summed E-state index contributed by atoms with van der Waals surface area (Å²) in [6.45, 7) is 10.4. The van der Waals surface area contributed by atoms with Crippen LogP contribution in [-0.4, -0.2) is 30.6 Å². The Morgan fingerprint density at radius 1 is 1.35 bits per heavy atom. The molecule has 0 amide bonds. The van der Waals surface area contributed by atoms with Gasteiger partial charge in [0, 0.05) is 23.1 Å². The lowest BCUT2D eigenvalue weighted by Gasteiger charge is -2.37. The standard InChI is InChI=1S/C17H27BrN2/c1-13(2)19-11-15-6-5-9-20(12-15)14(3)16-7-4-8-17(18)10-16/h4,7-8,10,13-15,19H,5-6,9,11-12H2,1-3H3. The average Bonchev–Trinajstić information content (AvgIpc) is 2.44. The summed E-state index contributed by atoms with van der Waals surface area (Å²) >= 11 is 3.58. The molecule has 1 aromatic carbocycles. The molecule has 2 rings (SSSR count). The highest BCUT2D eigenvalue weighted by atomic mass is 79.9. The monoisotopic (exact) mass is 338 g/mol. The van der Waals surface area contributed by atoms with E-state index < -0.39 is 0 Å². The predicted octanol–water partition coefficient (Wildman–Crippen LogP) is 4.22. The molecule has 1 aliphatic rings. The van der Waals surface area contributed by atoms with Crippen molar-refractivity contribution in [2.75, 3.05) is 19.6 Å². The second kappa shape index (κ2) is 7.58. The van der Waals surface area contributed by atoms with Crippen LogP contribution >= 0.6 is 15.9 Å². The third-order valence-electron chi connectivity index (χ3n) is 4.24. The van der Waals surface area contributed by atoms with Crippen LogP contribution in [0.2, 0.25) is 0 Å². The minimum Gasteiger partial charge on any atom is -0.314 e. The molecule has 20 heavy (non-hydrogen) atoms. The lowest BCUT2D eigenvalue weighted by Crippen LogP contribution is -2.41. The van der Waals surface area contributed by atoms with E-state index in [1.807, 2.05) is 0 Å². The molecule has 1 saturated heterocycles. The molecule has 0 spiro atoms. The quantitative estimate of drug-likeness (QED) is 0.864. The fourth-order valence-electron chi connectivity index (χ4n) is 3.00. The number of rotatable bonds is 5. The van der Waals surface area contributed by atoms with Gasteiger partial charge in [-0.05, 0) is 56.5 Å². The van der Waals surface area contributed by atoms with Crippen molar-refractivity contribution in [2.24, 2.45) is 5.92 Å². The second-order valence-corrected chi connectivity index (χ2v) is 7.21. The SMILES string of the molecule is CC(C)NCC1CCCN(C(C)c2cccc(Br)c2)C1. The summed E-state index contributed by atoms with van der Waals surface area (Å²) < 4.78 is 1.18. The molecule has 0 radical (unpaired) electrons. The van der Waals surface area contributed by atoms with Crippen LogP contribution < -0.4 is 5.32 Å². The highest BCUT2D eigenvalue weighted by Crippen LogP contribution is 2.27. The van der Waals surface area contributed by atoms with Crippen LogP contribution in [0.25, 0.3) is 0 Å². The molecule has 0 aromatic heterocycles. The van der Waals surface area contributed by atoms with Gasteiger partial charge >= 0.3 is 0 Å². The van der Waals surface area contributed by atoms with Gasteiger partial charge in [0.05, 0.1) is 0 Å². The molecule has 2 atom stereocenters. The van der Waals surface area contributed by atoms with Crippen molar-refractivity contribution in [1.82, 2.24) is 10.2 Å². The summed E-state index contributed by atoms with van der Waals surface area (Å²) in [6, 6.07) is 9.83. The molecule has 112 valence electrons. The number of piperidine rings is 1. The first-order valence-corrected chi connectivity index (χ1v) is 8.58. The van der Waals surface area contributed by atoms with E-state index in [0.717, 1.165) is 12.5 Å². The van der Waals surface area contributed by atoms with Gasteiger partial charge in [-0.1, -0.05) is 41.9 Å². The molecule has 1 aliphatic heterocycles. The van der Waals surface area contributed by atoms with Crippen LogP contribution in [0.1, 0.15) is 45.2 Å². The zero-order chi connectivity index (χ0) is 14.5. The third kappa shape index (κ3) is 4.57. The molecule has 0 saturated carbocycles. The topological polar surface area (TPSA) is 15.3 Å². The minimum absolute atomic E-state index is 0.509. The van der Waals surface area contributed by atoms with E-state index in [4.69, 9.17) is 0 Å². The molecule has 0 aliphatic carbocycles. The smallest absolute Gasteiger partial charge is 0.0320 e. The fourth-order valence-corrected chi connectivity index (χ4v) is 3.41. The Hall–Kier alpha value is -0.380. The molecular weight excluding hydrogens is 312 g/mol. The zero-order valence-electron chi connectivity index (χ0n) is 12.9. The van der Waals surface area contributed by atoms with Gasteiger partial charge in [-0.3, -0.25) is 4.90 Å². The lowest BCUT2D eigenvalue weighted by atomic mass is 9.95. The summed E-state index contributed by atoms with van der Waals surface area (Å²) in [5.74, 6) is 0.792. The Morgan fingerprint density at radius 3 is 2.85 bits per heavy atom. The third-order valence-corrected chi connectivity index (χ3v) is 4.74. The predicted molar refractivity (Wildman–Crippen MR) is 90.0 cm³/mol. The van der Waals surface area contributed by atoms with Crippen LogP contribution in [0.3, 0.4) is 0 Å². The number of hydrogen-bond donors (Lipinski definition) is 1. The van der Waals surface area contributed by atoms with E-state index in [1.54, 1.807) is 0 Å². The highest BCUT2D eigenvalue weighted by molar-refractivity contribution is 9.10. The van der Waals surface area contributed by atoms with Crippen LogP contribution in [0.15, 0.2) is 28.7 Å². The Balaban J connectivity index is 1.94. The number of nitrogens with zero attached hydrogens (tertiary/aromatic N) is 1. The summed E-state index contributed by atoms with van der Waals surface area (Å²) in [4.78, 5) is 2.64. The molecule has 1 fully saturated rings. The van der Waals surface area contributed by atoms with Crippen molar-refractivity contribution in [3.05, 3.63) is 34.3 Å². The average molecular weight is 339 g/mol. The van der Waals surface area contributed by atoms with Gasteiger partial charge in [0.1, 0.15) is 0 Å². The van der Waals surface area contributed by atoms with Gasteiger partial charge in [0.15, 0.2) is 0 Å². The van der Waals surface area contributed by atoms with Crippen LogP contribution in [0, 0.1) is 5.92 Å². The Kier molecular flexibility index (Phi) is 6.06. The number of nitrogens with one attached hydrogen (secondary N) is 1. The molecule has 1 heterocycles. The zero-order valence-corrected chi connectivity index (χ0v) is 14.5. The molecule has 3 heteroatoms. The van der Waals surface area contributed by atoms with Crippen LogP contribution in [0.4, 0.5) is 0 Å². The molecule has 1 N–H and O–H groups in total. The fraction of sp³-hybridized carbons (Fsp3) is 0.647. The maximum Gasteiger partial charge on any atom is 0.0320 e. The van der Waals surface area contributed by atoms with Gasteiger partial charge in [0.2, 0.25) is 0 Å². The largest absolute Gasteiger partial charge is 0.314 e. The van der Waals surface area contributed by atoms with Crippen molar-refractivity contribution in [3.63, 3.8) is 0 Å². The summed E-state index contributed by atoms with van der Waals surface area (Å²) in [6.07, 6.45) is 2.68. The van der Waals surface area contributed by atoms with Crippen molar-refractivity contribution in [2.45, 2.75) is 45.7 Å². The number of benzene rings is 1. The van der Waals surface area contributed by atoms with Gasteiger partial charge in [0.25, 0.3) is 0 Å². The van der Waals surface area contributed by atoms with Crippen molar-refractivity contribution < 1.29 is 0 Å². The molecule has 2 nitrogen and oxygen atoms in total. The van der Waals surface area contributed by atoms with Crippen molar-refractivity contribution >= 4 is 15.9 Å². The number of halogens is 1. The molecule has 0 bridgehead atoms. The first-order valence-electron chi connectivity index (χ1n) is 7.79. The molecule has 2 unspecified atom stereocenters. The van der Waals surface area contributed by atoms with E-state index >= 15 is 0 Å². The summed E-state index contributed by atoms with van der Waals surface area (Å²) in [5.41, 5.74) is 1.41. The van der Waals surface area contributed by atoms with Gasteiger partial charge < -0.3 is 5.32 Å².